The molecule has 1 aromatic rings. The van der Waals surface area contributed by atoms with Crippen LogP contribution in [-0.2, 0) is 4.79 Å². The maximum absolute atomic E-state index is 10.5. The third-order valence-corrected chi connectivity index (χ3v) is 2.25. The second kappa shape index (κ2) is 5.43. The summed E-state index contributed by atoms with van der Waals surface area (Å²) in [4.78, 5) is 12.3. The number of hydrogen-bond acceptors (Lipinski definition) is 1. The Morgan fingerprint density at radius 3 is 2.07 bits per heavy atom. The van der Waals surface area contributed by atoms with Gasteiger partial charge in [-0.15, -0.1) is 0 Å². The molecule has 1 saturated heterocycles. The summed E-state index contributed by atoms with van der Waals surface area (Å²) in [6.07, 6.45) is 1.81. The van der Waals surface area contributed by atoms with Crippen molar-refractivity contribution in [1.29, 1.82) is 0 Å². The minimum Gasteiger partial charge on any atom is -0.346 e. The van der Waals surface area contributed by atoms with Crippen LogP contribution in [0.2, 0.25) is 0 Å². The fourth-order valence-corrected chi connectivity index (χ4v) is 1.32. The van der Waals surface area contributed by atoms with Gasteiger partial charge in [0.1, 0.15) is 0 Å². The average molecular weight is 191 g/mol. The Hall–Kier alpha value is -1.31. The summed E-state index contributed by atoms with van der Waals surface area (Å²) in [5.74, 6) is 0.292. The summed E-state index contributed by atoms with van der Waals surface area (Å²) in [5, 5.41) is 0. The highest BCUT2D eigenvalue weighted by Gasteiger charge is 2.14. The molecular weight excluding hydrogens is 174 g/mol. The van der Waals surface area contributed by atoms with Gasteiger partial charge in [-0.05, 0) is 13.3 Å². The fourth-order valence-electron chi connectivity index (χ4n) is 1.32. The van der Waals surface area contributed by atoms with E-state index in [1.54, 1.807) is 4.90 Å². The Bertz CT molecular complexity index is 282. The molecule has 1 aliphatic heterocycles. The highest BCUT2D eigenvalue weighted by atomic mass is 16.2. The maximum atomic E-state index is 10.5. The molecule has 0 bridgehead atoms. The van der Waals surface area contributed by atoms with Crippen molar-refractivity contribution in [3.05, 3.63) is 35.9 Å². The number of carbonyl (C=O) groups is 1. The van der Waals surface area contributed by atoms with E-state index in [0.717, 1.165) is 19.4 Å². The second-order valence-electron chi connectivity index (χ2n) is 3.57. The zero-order valence-corrected chi connectivity index (χ0v) is 8.86. The first-order chi connectivity index (χ1) is 6.70. The van der Waals surface area contributed by atoms with Gasteiger partial charge in [0.05, 0.1) is 0 Å². The highest BCUT2D eigenvalue weighted by molar-refractivity contribution is 5.77. The number of hydrogen-bond donors (Lipinski definition) is 0. The molecule has 2 nitrogen and oxygen atoms in total. The van der Waals surface area contributed by atoms with Crippen molar-refractivity contribution in [3.63, 3.8) is 0 Å². The van der Waals surface area contributed by atoms with Crippen molar-refractivity contribution >= 4 is 5.91 Å². The first kappa shape index (κ1) is 10.8. The summed E-state index contributed by atoms with van der Waals surface area (Å²) in [6.45, 7) is 3.04. The van der Waals surface area contributed by atoms with Gasteiger partial charge in [0.15, 0.2) is 0 Å². The number of aryl methyl sites for hydroxylation is 1. The molecule has 1 aromatic carbocycles. The molecule has 0 N–H and O–H groups in total. The van der Waals surface area contributed by atoms with Gasteiger partial charge < -0.3 is 4.90 Å². The van der Waals surface area contributed by atoms with Crippen molar-refractivity contribution in [2.75, 3.05) is 13.6 Å². The van der Waals surface area contributed by atoms with Gasteiger partial charge >= 0.3 is 0 Å². The summed E-state index contributed by atoms with van der Waals surface area (Å²) < 4.78 is 0. The van der Waals surface area contributed by atoms with Gasteiger partial charge in [-0.1, -0.05) is 35.9 Å². The van der Waals surface area contributed by atoms with Crippen LogP contribution >= 0.6 is 0 Å². The molecule has 14 heavy (non-hydrogen) atoms. The predicted molar refractivity (Wildman–Crippen MR) is 58.1 cm³/mol. The monoisotopic (exact) mass is 191 g/mol. The smallest absolute Gasteiger partial charge is 0.222 e. The largest absolute Gasteiger partial charge is 0.346 e. The number of amides is 1. The van der Waals surface area contributed by atoms with Crippen LogP contribution in [0.3, 0.4) is 0 Å². The summed E-state index contributed by atoms with van der Waals surface area (Å²) in [6, 6.07) is 10.3. The van der Waals surface area contributed by atoms with Gasteiger partial charge in [-0.25, -0.2) is 0 Å². The molecule has 0 unspecified atom stereocenters. The lowest BCUT2D eigenvalue weighted by Crippen LogP contribution is -2.17. The number of rotatable bonds is 0. The van der Waals surface area contributed by atoms with E-state index < -0.39 is 0 Å². The first-order valence-electron chi connectivity index (χ1n) is 4.96. The van der Waals surface area contributed by atoms with E-state index in [-0.39, 0.29) is 0 Å². The molecule has 2 rings (SSSR count). The molecule has 0 radical (unpaired) electrons. The van der Waals surface area contributed by atoms with Gasteiger partial charge in [0, 0.05) is 20.0 Å². The Kier molecular flexibility index (Phi) is 4.17. The van der Waals surface area contributed by atoms with E-state index in [1.807, 2.05) is 25.2 Å². The van der Waals surface area contributed by atoms with Crippen LogP contribution in [0.1, 0.15) is 18.4 Å². The van der Waals surface area contributed by atoms with E-state index in [9.17, 15) is 4.79 Å². The molecule has 0 spiro atoms. The Balaban J connectivity index is 0.000000140. The lowest BCUT2D eigenvalue weighted by atomic mass is 10.2. The molecule has 76 valence electrons. The molecule has 1 fully saturated rings. The molecule has 1 heterocycles. The zero-order chi connectivity index (χ0) is 10.4. The van der Waals surface area contributed by atoms with E-state index in [2.05, 4.69) is 19.1 Å². The van der Waals surface area contributed by atoms with Crippen LogP contribution in [0.15, 0.2) is 30.3 Å². The van der Waals surface area contributed by atoms with E-state index in [4.69, 9.17) is 0 Å². The predicted octanol–water partition coefficient (Wildman–Crippen LogP) is 2.23. The Labute approximate surface area is 85.5 Å². The van der Waals surface area contributed by atoms with Gasteiger partial charge in [-0.2, -0.15) is 0 Å². The van der Waals surface area contributed by atoms with E-state index >= 15 is 0 Å². The van der Waals surface area contributed by atoms with Crippen LogP contribution in [0.5, 0.6) is 0 Å². The Morgan fingerprint density at radius 2 is 1.86 bits per heavy atom. The zero-order valence-electron chi connectivity index (χ0n) is 8.86. The molecule has 1 amide bonds. The van der Waals surface area contributed by atoms with Crippen molar-refractivity contribution in [1.82, 2.24) is 4.90 Å². The third kappa shape index (κ3) is 3.60. The van der Waals surface area contributed by atoms with E-state index in [0.29, 0.717) is 5.91 Å². The van der Waals surface area contributed by atoms with Crippen LogP contribution in [0, 0.1) is 6.92 Å². The lowest BCUT2D eigenvalue weighted by molar-refractivity contribution is -0.126. The summed E-state index contributed by atoms with van der Waals surface area (Å²) in [5.41, 5.74) is 1.32. The third-order valence-electron chi connectivity index (χ3n) is 2.25. The summed E-state index contributed by atoms with van der Waals surface area (Å²) >= 11 is 0. The molecule has 2 heteroatoms. The molecule has 0 aromatic heterocycles. The number of carbonyl (C=O) groups excluding carboxylic acids is 1. The second-order valence-corrected chi connectivity index (χ2v) is 3.57. The van der Waals surface area contributed by atoms with Crippen LogP contribution in [0.4, 0.5) is 0 Å². The Morgan fingerprint density at radius 1 is 1.21 bits per heavy atom. The van der Waals surface area contributed by atoms with Crippen molar-refractivity contribution in [2.24, 2.45) is 0 Å². The normalized spacial score (nSPS) is 15.0. The van der Waals surface area contributed by atoms with Crippen LogP contribution in [-0.4, -0.2) is 24.4 Å². The number of nitrogens with zero attached hydrogens (tertiary/aromatic N) is 1. The molecule has 0 atom stereocenters. The minimum atomic E-state index is 0.292. The minimum absolute atomic E-state index is 0.292. The lowest BCUT2D eigenvalue weighted by Gasteiger charge is -2.03. The van der Waals surface area contributed by atoms with Crippen molar-refractivity contribution < 1.29 is 4.79 Å². The standard InChI is InChI=1S/C7H8.C5H9NO/c1-7-5-3-2-4-6-7;1-6-4-2-3-5(6)7/h2-6H,1H3;2-4H2,1H3. The SMILES string of the molecule is CN1CCCC1=O.Cc1ccccc1. The summed E-state index contributed by atoms with van der Waals surface area (Å²) in [7, 11) is 1.84. The molecule has 0 aliphatic carbocycles. The number of likely N-dealkylation sites (tertiary alicyclic amines) is 1. The average Bonchev–Trinajstić information content (AvgIpc) is 2.53. The van der Waals surface area contributed by atoms with Gasteiger partial charge in [0.25, 0.3) is 0 Å². The maximum Gasteiger partial charge on any atom is 0.222 e. The molecule has 1 aliphatic rings. The molecule has 0 saturated carbocycles. The highest BCUT2D eigenvalue weighted by Crippen LogP contribution is 2.04. The molecular formula is C12H17NO. The van der Waals surface area contributed by atoms with Gasteiger partial charge in [-0.3, -0.25) is 4.79 Å². The quantitative estimate of drug-likeness (QED) is 0.616. The van der Waals surface area contributed by atoms with Crippen LogP contribution in [0.25, 0.3) is 0 Å². The number of benzene rings is 1. The van der Waals surface area contributed by atoms with Gasteiger partial charge in [0.2, 0.25) is 5.91 Å². The first-order valence-corrected chi connectivity index (χ1v) is 4.96. The van der Waals surface area contributed by atoms with Crippen molar-refractivity contribution in [3.8, 4) is 0 Å². The van der Waals surface area contributed by atoms with E-state index in [1.165, 1.54) is 5.56 Å². The van der Waals surface area contributed by atoms with Crippen LogP contribution < -0.4 is 0 Å². The van der Waals surface area contributed by atoms with Crippen molar-refractivity contribution in [2.45, 2.75) is 19.8 Å². The fraction of sp³-hybridized carbons (Fsp3) is 0.417. The topological polar surface area (TPSA) is 20.3 Å².